The largest absolute Gasteiger partial charge is 0.493 e. The summed E-state index contributed by atoms with van der Waals surface area (Å²) in [6.07, 6.45) is 4.75. The Bertz CT molecular complexity index is 342. The fourth-order valence-corrected chi connectivity index (χ4v) is 1.88. The van der Waals surface area contributed by atoms with Gasteiger partial charge in [-0.25, -0.2) is 0 Å². The molecule has 0 aliphatic heterocycles. The van der Waals surface area contributed by atoms with E-state index in [-0.39, 0.29) is 0 Å². The van der Waals surface area contributed by atoms with Gasteiger partial charge in [0, 0.05) is 0 Å². The molecule has 0 amide bonds. The van der Waals surface area contributed by atoms with Crippen LogP contribution in [0.3, 0.4) is 0 Å². The molecule has 1 rings (SSSR count). The molecule has 0 aliphatic carbocycles. The lowest BCUT2D eigenvalue weighted by molar-refractivity contribution is 0.233. The highest BCUT2D eigenvalue weighted by Gasteiger charge is 2.12. The van der Waals surface area contributed by atoms with Crippen molar-refractivity contribution in [2.24, 2.45) is 5.92 Å². The molecule has 0 unspecified atom stereocenters. The molecule has 0 aliphatic rings. The molecule has 0 fully saturated rings. The van der Waals surface area contributed by atoms with Crippen LogP contribution in [0.1, 0.15) is 39.5 Å². The van der Waals surface area contributed by atoms with Crippen molar-refractivity contribution in [3.05, 3.63) is 24.3 Å². The minimum atomic E-state index is -1.43. The third-order valence-corrected chi connectivity index (χ3v) is 3.19. The Morgan fingerprint density at radius 1 is 1.28 bits per heavy atom. The maximum absolute atomic E-state index is 9.09. The normalized spacial score (nSPS) is 12.2. The number of rotatable bonds is 8. The second kappa shape index (κ2) is 8.17. The quantitative estimate of drug-likeness (QED) is 0.693. The molecule has 100 valence electrons. The van der Waals surface area contributed by atoms with Gasteiger partial charge in [0.05, 0.1) is 6.61 Å². The molecular formula is C14H23BO3. The summed E-state index contributed by atoms with van der Waals surface area (Å²) in [6, 6.07) is 6.97. The first kappa shape index (κ1) is 15.1. The van der Waals surface area contributed by atoms with Gasteiger partial charge in [0.1, 0.15) is 5.75 Å². The van der Waals surface area contributed by atoms with E-state index in [1.807, 2.05) is 6.07 Å². The van der Waals surface area contributed by atoms with Crippen LogP contribution in [0.5, 0.6) is 5.75 Å². The van der Waals surface area contributed by atoms with E-state index in [2.05, 4.69) is 13.8 Å². The van der Waals surface area contributed by atoms with Crippen molar-refractivity contribution in [3.8, 4) is 5.75 Å². The minimum absolute atomic E-state index is 0.467. The molecule has 4 heteroatoms. The van der Waals surface area contributed by atoms with Crippen molar-refractivity contribution in [1.29, 1.82) is 0 Å². The molecule has 0 spiro atoms. The Hall–Kier alpha value is -0.995. The second-order valence-corrected chi connectivity index (χ2v) is 4.67. The second-order valence-electron chi connectivity index (χ2n) is 4.67. The molecule has 0 heterocycles. The lowest BCUT2D eigenvalue weighted by Gasteiger charge is -2.16. The molecule has 0 saturated heterocycles. The summed E-state index contributed by atoms with van der Waals surface area (Å²) in [5, 5.41) is 18.2. The van der Waals surface area contributed by atoms with E-state index < -0.39 is 7.12 Å². The van der Waals surface area contributed by atoms with Gasteiger partial charge in [-0.05, 0) is 29.9 Å². The van der Waals surface area contributed by atoms with E-state index >= 15 is 0 Å². The average molecular weight is 250 g/mol. The number of hydrogen-bond donors (Lipinski definition) is 2. The number of unbranched alkanes of at least 4 members (excludes halogenated alkanes) is 1. The van der Waals surface area contributed by atoms with Gasteiger partial charge in [0.15, 0.2) is 0 Å². The molecule has 1 atom stereocenters. The summed E-state index contributed by atoms with van der Waals surface area (Å²) in [7, 11) is -1.43. The SMILES string of the molecule is CCCC[C@@H](CC)COc1cccc(B(O)O)c1. The van der Waals surface area contributed by atoms with Crippen LogP contribution in [0, 0.1) is 5.92 Å². The van der Waals surface area contributed by atoms with Crippen LogP contribution >= 0.6 is 0 Å². The third kappa shape index (κ3) is 5.11. The summed E-state index contributed by atoms with van der Waals surface area (Å²) in [4.78, 5) is 0. The smallest absolute Gasteiger partial charge is 0.488 e. The van der Waals surface area contributed by atoms with Crippen molar-refractivity contribution >= 4 is 12.6 Å². The molecule has 1 aromatic rings. The Labute approximate surface area is 110 Å². The van der Waals surface area contributed by atoms with Crippen LogP contribution < -0.4 is 10.2 Å². The van der Waals surface area contributed by atoms with Crippen LogP contribution in [0.2, 0.25) is 0 Å². The number of hydrogen-bond acceptors (Lipinski definition) is 3. The zero-order valence-corrected chi connectivity index (χ0v) is 11.3. The molecule has 0 aromatic heterocycles. The lowest BCUT2D eigenvalue weighted by atomic mass is 9.80. The van der Waals surface area contributed by atoms with Gasteiger partial charge >= 0.3 is 7.12 Å². The molecule has 2 N–H and O–H groups in total. The topological polar surface area (TPSA) is 49.7 Å². The highest BCUT2D eigenvalue weighted by molar-refractivity contribution is 6.58. The lowest BCUT2D eigenvalue weighted by Crippen LogP contribution is -2.29. The molecular weight excluding hydrogens is 227 g/mol. The van der Waals surface area contributed by atoms with Gasteiger partial charge in [0.25, 0.3) is 0 Å². The average Bonchev–Trinajstić information content (AvgIpc) is 2.39. The third-order valence-electron chi connectivity index (χ3n) is 3.19. The van der Waals surface area contributed by atoms with Crippen molar-refractivity contribution in [2.75, 3.05) is 6.61 Å². The summed E-state index contributed by atoms with van der Waals surface area (Å²) >= 11 is 0. The van der Waals surface area contributed by atoms with Crippen LogP contribution in [0.25, 0.3) is 0 Å². The minimum Gasteiger partial charge on any atom is -0.493 e. The van der Waals surface area contributed by atoms with Crippen molar-refractivity contribution in [2.45, 2.75) is 39.5 Å². The Morgan fingerprint density at radius 2 is 2.06 bits per heavy atom. The van der Waals surface area contributed by atoms with Gasteiger partial charge < -0.3 is 14.8 Å². The maximum Gasteiger partial charge on any atom is 0.488 e. The molecule has 0 bridgehead atoms. The Morgan fingerprint density at radius 3 is 2.67 bits per heavy atom. The van der Waals surface area contributed by atoms with E-state index in [1.54, 1.807) is 18.2 Å². The maximum atomic E-state index is 9.09. The first-order chi connectivity index (χ1) is 8.67. The van der Waals surface area contributed by atoms with Gasteiger partial charge in [0.2, 0.25) is 0 Å². The van der Waals surface area contributed by atoms with Crippen LogP contribution in [-0.2, 0) is 0 Å². The first-order valence-electron chi connectivity index (χ1n) is 6.76. The monoisotopic (exact) mass is 250 g/mol. The fraction of sp³-hybridized carbons (Fsp3) is 0.571. The molecule has 3 nitrogen and oxygen atoms in total. The summed E-state index contributed by atoms with van der Waals surface area (Å²) in [6.45, 7) is 5.07. The van der Waals surface area contributed by atoms with E-state index in [4.69, 9.17) is 14.8 Å². The highest BCUT2D eigenvalue weighted by atomic mass is 16.5. The van der Waals surface area contributed by atoms with Gasteiger partial charge in [-0.15, -0.1) is 0 Å². The zero-order chi connectivity index (χ0) is 13.4. The van der Waals surface area contributed by atoms with E-state index in [0.29, 0.717) is 23.7 Å². The summed E-state index contributed by atoms with van der Waals surface area (Å²) in [5.41, 5.74) is 0.467. The van der Waals surface area contributed by atoms with Crippen molar-refractivity contribution < 1.29 is 14.8 Å². The zero-order valence-electron chi connectivity index (χ0n) is 11.3. The standard InChI is InChI=1S/C14H23BO3/c1-3-5-7-12(4-2)11-18-14-9-6-8-13(10-14)15(16)17/h6,8-10,12,16-17H,3-5,7,11H2,1-2H3/t12-/m1/s1. The van der Waals surface area contributed by atoms with Gasteiger partial charge in [-0.2, -0.15) is 0 Å². The molecule has 0 radical (unpaired) electrons. The predicted octanol–water partition coefficient (Wildman–Crippen LogP) is 1.96. The van der Waals surface area contributed by atoms with Gasteiger partial charge in [-0.3, -0.25) is 0 Å². The fourth-order valence-electron chi connectivity index (χ4n) is 1.88. The van der Waals surface area contributed by atoms with Crippen molar-refractivity contribution in [1.82, 2.24) is 0 Å². The van der Waals surface area contributed by atoms with E-state index in [0.717, 1.165) is 6.42 Å². The van der Waals surface area contributed by atoms with E-state index in [9.17, 15) is 0 Å². The first-order valence-corrected chi connectivity index (χ1v) is 6.76. The van der Waals surface area contributed by atoms with Crippen LogP contribution in [0.4, 0.5) is 0 Å². The Kier molecular flexibility index (Phi) is 6.84. The molecule has 18 heavy (non-hydrogen) atoms. The number of ether oxygens (including phenoxy) is 1. The van der Waals surface area contributed by atoms with E-state index in [1.165, 1.54) is 19.3 Å². The summed E-state index contributed by atoms with van der Waals surface area (Å²) in [5.74, 6) is 1.28. The summed E-state index contributed by atoms with van der Waals surface area (Å²) < 4.78 is 5.72. The highest BCUT2D eigenvalue weighted by Crippen LogP contribution is 2.15. The molecule has 1 aromatic carbocycles. The molecule has 0 saturated carbocycles. The van der Waals surface area contributed by atoms with Gasteiger partial charge in [-0.1, -0.05) is 45.2 Å². The van der Waals surface area contributed by atoms with Crippen LogP contribution in [0.15, 0.2) is 24.3 Å². The predicted molar refractivity (Wildman–Crippen MR) is 75.1 cm³/mol. The van der Waals surface area contributed by atoms with Crippen LogP contribution in [-0.4, -0.2) is 23.8 Å². The Balaban J connectivity index is 2.48. The number of benzene rings is 1. The van der Waals surface area contributed by atoms with Crippen molar-refractivity contribution in [3.63, 3.8) is 0 Å².